The number of pyridine rings is 1. The Morgan fingerprint density at radius 3 is 2.52 bits per heavy atom. The van der Waals surface area contributed by atoms with Crippen LogP contribution in [0.3, 0.4) is 0 Å². The molecule has 0 saturated carbocycles. The zero-order valence-corrected chi connectivity index (χ0v) is 11.8. The Labute approximate surface area is 129 Å². The van der Waals surface area contributed by atoms with Gasteiger partial charge < -0.3 is 5.73 Å². The molecule has 0 spiro atoms. The zero-order chi connectivity index (χ0) is 15.8. The Kier molecular flexibility index (Phi) is 2.94. The van der Waals surface area contributed by atoms with Gasteiger partial charge in [-0.05, 0) is 36.4 Å². The number of fused-ring (bicyclic) bond motifs is 1. The average molecular weight is 307 g/mol. The fourth-order valence-corrected chi connectivity index (χ4v) is 2.28. The molecule has 7 nitrogen and oxygen atoms in total. The topological polar surface area (TPSA) is 95.4 Å². The van der Waals surface area contributed by atoms with Crippen LogP contribution in [0.5, 0.6) is 0 Å². The van der Waals surface area contributed by atoms with E-state index in [1.54, 1.807) is 24.3 Å². The molecule has 0 fully saturated rings. The maximum atomic E-state index is 13.1. The lowest BCUT2D eigenvalue weighted by Crippen LogP contribution is -2.06. The third-order valence-corrected chi connectivity index (χ3v) is 3.32. The molecule has 8 heteroatoms. The van der Waals surface area contributed by atoms with Crippen LogP contribution in [-0.4, -0.2) is 29.7 Å². The summed E-state index contributed by atoms with van der Waals surface area (Å²) in [6, 6.07) is 9.69. The van der Waals surface area contributed by atoms with Crippen molar-refractivity contribution in [3.63, 3.8) is 0 Å². The summed E-state index contributed by atoms with van der Waals surface area (Å²) in [4.78, 5) is 16.9. The number of halogens is 1. The Morgan fingerprint density at radius 1 is 0.957 bits per heavy atom. The number of rotatable bonds is 2. The normalized spacial score (nSPS) is 11.0. The predicted molar refractivity (Wildman–Crippen MR) is 82.1 cm³/mol. The van der Waals surface area contributed by atoms with Gasteiger partial charge in [0.05, 0.1) is 11.2 Å². The van der Waals surface area contributed by atoms with E-state index >= 15 is 0 Å². The summed E-state index contributed by atoms with van der Waals surface area (Å²) in [5.41, 5.74) is 8.33. The highest BCUT2D eigenvalue weighted by Gasteiger charge is 2.12. The van der Waals surface area contributed by atoms with Crippen molar-refractivity contribution >= 4 is 17.0 Å². The van der Waals surface area contributed by atoms with Crippen molar-refractivity contribution in [1.82, 2.24) is 29.7 Å². The summed E-state index contributed by atoms with van der Waals surface area (Å²) in [6.07, 6.45) is 2.90. The molecule has 4 rings (SSSR count). The molecule has 0 saturated heterocycles. The smallest absolute Gasteiger partial charge is 0.222 e. The van der Waals surface area contributed by atoms with Crippen molar-refractivity contribution < 1.29 is 4.39 Å². The van der Waals surface area contributed by atoms with E-state index in [2.05, 4.69) is 25.0 Å². The minimum Gasteiger partial charge on any atom is -0.368 e. The van der Waals surface area contributed by atoms with Crippen molar-refractivity contribution in [2.24, 2.45) is 0 Å². The number of hydrogen-bond donors (Lipinski definition) is 1. The van der Waals surface area contributed by atoms with Gasteiger partial charge in [0.1, 0.15) is 24.0 Å². The van der Waals surface area contributed by atoms with Gasteiger partial charge in [-0.2, -0.15) is 10.1 Å². The SMILES string of the molecule is Nc1nc(-n2cncn2)c2nc(-c3ccc(F)cc3)ccc2n1. The molecule has 0 aliphatic carbocycles. The molecule has 0 atom stereocenters. The van der Waals surface area contributed by atoms with Gasteiger partial charge in [0.15, 0.2) is 5.82 Å². The maximum Gasteiger partial charge on any atom is 0.222 e. The fraction of sp³-hybridized carbons (Fsp3) is 0. The molecule has 23 heavy (non-hydrogen) atoms. The first-order valence-corrected chi connectivity index (χ1v) is 6.76. The molecule has 1 aromatic carbocycles. The van der Waals surface area contributed by atoms with Crippen LogP contribution in [0.25, 0.3) is 28.1 Å². The molecule has 0 bridgehead atoms. The molecular formula is C15H10FN7. The highest BCUT2D eigenvalue weighted by Crippen LogP contribution is 2.23. The first-order chi connectivity index (χ1) is 11.2. The van der Waals surface area contributed by atoms with E-state index in [0.717, 1.165) is 5.56 Å². The summed E-state index contributed by atoms with van der Waals surface area (Å²) < 4.78 is 14.6. The summed E-state index contributed by atoms with van der Waals surface area (Å²) >= 11 is 0. The molecule has 0 aliphatic rings. The van der Waals surface area contributed by atoms with E-state index in [4.69, 9.17) is 5.73 Å². The van der Waals surface area contributed by atoms with Gasteiger partial charge in [-0.1, -0.05) is 0 Å². The molecular weight excluding hydrogens is 297 g/mol. The van der Waals surface area contributed by atoms with Crippen LogP contribution in [0.1, 0.15) is 0 Å². The quantitative estimate of drug-likeness (QED) is 0.608. The Balaban J connectivity index is 1.95. The predicted octanol–water partition coefficient (Wildman–Crippen LogP) is 1.99. The molecule has 3 heterocycles. The zero-order valence-electron chi connectivity index (χ0n) is 11.8. The second-order valence-corrected chi connectivity index (χ2v) is 4.82. The fourth-order valence-electron chi connectivity index (χ4n) is 2.28. The second kappa shape index (κ2) is 5.09. The van der Waals surface area contributed by atoms with Crippen LogP contribution in [0, 0.1) is 5.82 Å². The lowest BCUT2D eigenvalue weighted by molar-refractivity contribution is 0.628. The van der Waals surface area contributed by atoms with E-state index in [-0.39, 0.29) is 11.8 Å². The molecule has 112 valence electrons. The van der Waals surface area contributed by atoms with Crippen LogP contribution in [0.15, 0.2) is 49.1 Å². The van der Waals surface area contributed by atoms with Crippen molar-refractivity contribution in [2.75, 3.05) is 5.73 Å². The van der Waals surface area contributed by atoms with Crippen molar-refractivity contribution in [3.05, 3.63) is 54.9 Å². The molecule has 0 unspecified atom stereocenters. The van der Waals surface area contributed by atoms with E-state index in [0.29, 0.717) is 22.5 Å². The van der Waals surface area contributed by atoms with Crippen LogP contribution < -0.4 is 5.73 Å². The Bertz CT molecular complexity index is 981. The summed E-state index contributed by atoms with van der Waals surface area (Å²) in [5.74, 6) is 0.266. The lowest BCUT2D eigenvalue weighted by Gasteiger charge is -2.07. The van der Waals surface area contributed by atoms with Crippen LogP contribution in [0.4, 0.5) is 10.3 Å². The van der Waals surface area contributed by atoms with Gasteiger partial charge >= 0.3 is 0 Å². The van der Waals surface area contributed by atoms with Gasteiger partial charge in [-0.25, -0.2) is 24.0 Å². The first kappa shape index (κ1) is 13.3. The third-order valence-electron chi connectivity index (χ3n) is 3.32. The Morgan fingerprint density at radius 2 is 1.78 bits per heavy atom. The molecule has 3 aromatic heterocycles. The van der Waals surface area contributed by atoms with Gasteiger partial charge in [0, 0.05) is 5.56 Å². The summed E-state index contributed by atoms with van der Waals surface area (Å²) in [6.45, 7) is 0. The second-order valence-electron chi connectivity index (χ2n) is 4.82. The number of nitrogens with zero attached hydrogens (tertiary/aromatic N) is 6. The Hall–Kier alpha value is -3.42. The highest BCUT2D eigenvalue weighted by molar-refractivity contribution is 5.84. The van der Waals surface area contributed by atoms with E-state index in [1.807, 2.05) is 0 Å². The van der Waals surface area contributed by atoms with Gasteiger partial charge in [-0.3, -0.25) is 0 Å². The first-order valence-electron chi connectivity index (χ1n) is 6.76. The standard InChI is InChI=1S/C15H10FN7/c16-10-3-1-9(2-4-10)11-5-6-12-13(20-11)14(22-15(17)21-12)23-8-18-7-19-23/h1-8H,(H2,17,21,22). The molecule has 0 radical (unpaired) electrons. The monoisotopic (exact) mass is 307 g/mol. The molecule has 4 aromatic rings. The van der Waals surface area contributed by atoms with Crippen molar-refractivity contribution in [1.29, 1.82) is 0 Å². The minimum absolute atomic E-state index is 0.124. The highest BCUT2D eigenvalue weighted by atomic mass is 19.1. The summed E-state index contributed by atoms with van der Waals surface area (Å²) in [5, 5.41) is 4.06. The van der Waals surface area contributed by atoms with Gasteiger partial charge in [0.25, 0.3) is 0 Å². The van der Waals surface area contributed by atoms with E-state index < -0.39 is 0 Å². The van der Waals surface area contributed by atoms with Crippen molar-refractivity contribution in [2.45, 2.75) is 0 Å². The van der Waals surface area contributed by atoms with Crippen molar-refractivity contribution in [3.8, 4) is 17.1 Å². The molecule has 2 N–H and O–H groups in total. The van der Waals surface area contributed by atoms with Crippen LogP contribution >= 0.6 is 0 Å². The minimum atomic E-state index is -0.297. The number of anilines is 1. The number of hydrogen-bond acceptors (Lipinski definition) is 6. The largest absolute Gasteiger partial charge is 0.368 e. The van der Waals surface area contributed by atoms with Crippen LogP contribution in [-0.2, 0) is 0 Å². The summed E-state index contributed by atoms with van der Waals surface area (Å²) in [7, 11) is 0. The number of nitrogens with two attached hydrogens (primary N) is 1. The maximum absolute atomic E-state index is 13.1. The van der Waals surface area contributed by atoms with Crippen LogP contribution in [0.2, 0.25) is 0 Å². The molecule has 0 aliphatic heterocycles. The van der Waals surface area contributed by atoms with Gasteiger partial charge in [0.2, 0.25) is 5.95 Å². The molecule has 0 amide bonds. The number of nitrogen functional groups attached to an aromatic ring is 1. The van der Waals surface area contributed by atoms with E-state index in [1.165, 1.54) is 29.5 Å². The number of benzene rings is 1. The van der Waals surface area contributed by atoms with Gasteiger partial charge in [-0.15, -0.1) is 0 Å². The number of aromatic nitrogens is 6. The lowest BCUT2D eigenvalue weighted by atomic mass is 10.1. The third kappa shape index (κ3) is 2.35. The average Bonchev–Trinajstić information content (AvgIpc) is 3.09. The van der Waals surface area contributed by atoms with E-state index in [9.17, 15) is 4.39 Å².